The Morgan fingerprint density at radius 3 is 2.46 bits per heavy atom. The van der Waals surface area contributed by atoms with Crippen LogP contribution in [0.25, 0.3) is 0 Å². The van der Waals surface area contributed by atoms with E-state index in [1.54, 1.807) is 18.3 Å². The van der Waals surface area contributed by atoms with Crippen LogP contribution in [-0.4, -0.2) is 54.7 Å². The molecule has 1 fully saturated rings. The number of halogens is 2. The summed E-state index contributed by atoms with van der Waals surface area (Å²) in [5.74, 6) is -2.15. The number of aromatic nitrogens is 1. The lowest BCUT2D eigenvalue weighted by molar-refractivity contribution is 0.0696. The van der Waals surface area contributed by atoms with Crippen LogP contribution in [0.4, 0.5) is 8.78 Å². The van der Waals surface area contributed by atoms with Gasteiger partial charge in [0.2, 0.25) is 10.0 Å². The Balaban J connectivity index is 1.76. The molecule has 10 heteroatoms. The maximum absolute atomic E-state index is 13.8. The van der Waals surface area contributed by atoms with E-state index in [1.807, 2.05) is 0 Å². The Hall–Kier alpha value is -2.17. The monoisotopic (exact) mass is 399 g/mol. The molecular weight excluding hydrogens is 384 g/mol. The topological polar surface area (TPSA) is 73.5 Å². The van der Waals surface area contributed by atoms with Crippen LogP contribution in [-0.2, 0) is 10.0 Å². The molecule has 0 unspecified atom stereocenters. The number of sulfonamides is 1. The van der Waals surface area contributed by atoms with E-state index < -0.39 is 26.6 Å². The number of hydrogen-bond donors (Lipinski definition) is 1. The van der Waals surface area contributed by atoms with Crippen LogP contribution in [0.5, 0.6) is 0 Å². The Morgan fingerprint density at radius 1 is 1.12 bits per heavy atom. The molecule has 2 aromatic rings. The lowest BCUT2D eigenvalue weighted by atomic mass is 10.2. The van der Waals surface area contributed by atoms with Gasteiger partial charge in [-0.3, -0.25) is 4.79 Å². The van der Waals surface area contributed by atoms with Gasteiger partial charge in [-0.25, -0.2) is 17.2 Å². The van der Waals surface area contributed by atoms with E-state index in [2.05, 4.69) is 4.98 Å². The molecule has 0 atom stereocenters. The smallest absolute Gasteiger partial charge is 0.256 e. The average molecular weight is 399 g/mol. The molecule has 1 aliphatic rings. The molecule has 1 saturated heterocycles. The van der Waals surface area contributed by atoms with Crippen molar-refractivity contribution < 1.29 is 22.0 Å². The van der Waals surface area contributed by atoms with Crippen molar-refractivity contribution in [2.75, 3.05) is 26.2 Å². The highest BCUT2D eigenvalue weighted by Gasteiger charge is 2.32. The number of carbonyl (C=O) groups excluding carboxylic acids is 1. The van der Waals surface area contributed by atoms with Crippen molar-refractivity contribution in [1.29, 1.82) is 0 Å². The zero-order valence-electron chi connectivity index (χ0n) is 13.5. The fourth-order valence-corrected chi connectivity index (χ4v) is 4.43. The van der Waals surface area contributed by atoms with E-state index in [0.29, 0.717) is 16.3 Å². The highest BCUT2D eigenvalue weighted by molar-refractivity contribution is 7.89. The number of piperazine rings is 1. The van der Waals surface area contributed by atoms with E-state index in [4.69, 9.17) is 12.2 Å². The summed E-state index contributed by atoms with van der Waals surface area (Å²) in [4.78, 5) is 16.1. The van der Waals surface area contributed by atoms with Crippen molar-refractivity contribution in [3.63, 3.8) is 0 Å². The molecule has 0 spiro atoms. The minimum Gasteiger partial charge on any atom is -0.352 e. The largest absolute Gasteiger partial charge is 0.352 e. The second-order valence-electron chi connectivity index (χ2n) is 5.68. The molecule has 3 rings (SSSR count). The standard InChI is InChI=1S/C16H15F2N3O3S2/c17-11-3-4-13(18)14(10-11)26(23,24)21-8-6-20(7-9-21)16(22)12-2-1-5-19-15(12)25/h1-5,10H,6-9H2,(H,19,25). The average Bonchev–Trinajstić information content (AvgIpc) is 2.63. The zero-order chi connectivity index (χ0) is 18.9. The number of pyridine rings is 1. The maximum atomic E-state index is 13.8. The molecule has 1 amide bonds. The Morgan fingerprint density at radius 2 is 1.81 bits per heavy atom. The van der Waals surface area contributed by atoms with Gasteiger partial charge in [-0.15, -0.1) is 0 Å². The van der Waals surface area contributed by atoms with Gasteiger partial charge in [-0.05, 0) is 30.3 Å². The summed E-state index contributed by atoms with van der Waals surface area (Å²) in [6.45, 7) is 0.206. The number of hydrogen-bond acceptors (Lipinski definition) is 4. The van der Waals surface area contributed by atoms with Gasteiger partial charge in [-0.2, -0.15) is 4.31 Å². The summed E-state index contributed by atoms with van der Waals surface area (Å²) in [5, 5.41) is 0. The van der Waals surface area contributed by atoms with E-state index in [9.17, 15) is 22.0 Å². The normalized spacial score (nSPS) is 15.8. The molecule has 1 N–H and O–H groups in total. The lowest BCUT2D eigenvalue weighted by Crippen LogP contribution is -2.50. The molecule has 1 aromatic heterocycles. The molecule has 138 valence electrons. The minimum atomic E-state index is -4.18. The number of carbonyl (C=O) groups is 1. The van der Waals surface area contributed by atoms with Crippen LogP contribution >= 0.6 is 12.2 Å². The highest BCUT2D eigenvalue weighted by Crippen LogP contribution is 2.22. The molecule has 0 aliphatic carbocycles. The molecule has 1 aliphatic heterocycles. The number of benzene rings is 1. The predicted molar refractivity (Wildman–Crippen MR) is 92.6 cm³/mol. The quantitative estimate of drug-likeness (QED) is 0.803. The first-order chi connectivity index (χ1) is 12.3. The summed E-state index contributed by atoms with van der Waals surface area (Å²) < 4.78 is 53.6. The van der Waals surface area contributed by atoms with Crippen molar-refractivity contribution in [3.05, 3.63) is 58.4 Å². The van der Waals surface area contributed by atoms with Crippen molar-refractivity contribution >= 4 is 28.1 Å². The van der Waals surface area contributed by atoms with Gasteiger partial charge >= 0.3 is 0 Å². The van der Waals surface area contributed by atoms with Crippen molar-refractivity contribution in [1.82, 2.24) is 14.2 Å². The molecule has 2 heterocycles. The van der Waals surface area contributed by atoms with Crippen LogP contribution in [0.2, 0.25) is 0 Å². The molecule has 0 bridgehead atoms. The first-order valence-corrected chi connectivity index (χ1v) is 9.58. The zero-order valence-corrected chi connectivity index (χ0v) is 15.1. The fourth-order valence-electron chi connectivity index (χ4n) is 2.71. The van der Waals surface area contributed by atoms with Gasteiger partial charge in [-0.1, -0.05) is 12.2 Å². The van der Waals surface area contributed by atoms with Crippen molar-refractivity contribution in [2.24, 2.45) is 0 Å². The second kappa shape index (κ2) is 7.22. The van der Waals surface area contributed by atoms with Gasteiger partial charge in [0.15, 0.2) is 0 Å². The summed E-state index contributed by atoms with van der Waals surface area (Å²) in [7, 11) is -4.18. The SMILES string of the molecule is O=C(c1ccc[nH]c1=S)N1CCN(S(=O)(=O)c2cc(F)ccc2F)CC1. The van der Waals surface area contributed by atoms with Crippen molar-refractivity contribution in [3.8, 4) is 0 Å². The van der Waals surface area contributed by atoms with E-state index in [-0.39, 0.29) is 32.1 Å². The van der Waals surface area contributed by atoms with Crippen LogP contribution in [0.15, 0.2) is 41.4 Å². The molecular formula is C16H15F2N3O3S2. The Bertz CT molecular complexity index is 1000. The third-order valence-electron chi connectivity index (χ3n) is 4.09. The van der Waals surface area contributed by atoms with Crippen LogP contribution < -0.4 is 0 Å². The Labute approximate surface area is 154 Å². The van der Waals surface area contributed by atoms with Crippen molar-refractivity contribution in [2.45, 2.75) is 4.90 Å². The maximum Gasteiger partial charge on any atom is 0.256 e. The summed E-state index contributed by atoms with van der Waals surface area (Å²) in [6.07, 6.45) is 1.61. The number of H-pyrrole nitrogens is 1. The van der Waals surface area contributed by atoms with Crippen LogP contribution in [0.1, 0.15) is 10.4 Å². The third kappa shape index (κ3) is 3.53. The van der Waals surface area contributed by atoms with Gasteiger partial charge < -0.3 is 9.88 Å². The number of nitrogens with zero attached hydrogens (tertiary/aromatic N) is 2. The van der Waals surface area contributed by atoms with E-state index in [0.717, 1.165) is 16.4 Å². The first kappa shape index (κ1) is 18.6. The first-order valence-electron chi connectivity index (χ1n) is 7.73. The van der Waals surface area contributed by atoms with E-state index in [1.165, 1.54) is 4.90 Å². The molecule has 6 nitrogen and oxygen atoms in total. The fraction of sp³-hybridized carbons (Fsp3) is 0.250. The molecule has 26 heavy (non-hydrogen) atoms. The van der Waals surface area contributed by atoms with Crippen LogP contribution in [0.3, 0.4) is 0 Å². The van der Waals surface area contributed by atoms with Gasteiger partial charge in [0, 0.05) is 32.4 Å². The van der Waals surface area contributed by atoms with E-state index >= 15 is 0 Å². The van der Waals surface area contributed by atoms with Gasteiger partial charge in [0.25, 0.3) is 5.91 Å². The van der Waals surface area contributed by atoms with Gasteiger partial charge in [0.05, 0.1) is 5.56 Å². The lowest BCUT2D eigenvalue weighted by Gasteiger charge is -2.34. The third-order valence-corrected chi connectivity index (χ3v) is 6.34. The summed E-state index contributed by atoms with van der Waals surface area (Å²) in [6, 6.07) is 5.53. The molecule has 0 radical (unpaired) electrons. The van der Waals surface area contributed by atoms with Crippen LogP contribution in [0, 0.1) is 16.3 Å². The Kier molecular flexibility index (Phi) is 5.17. The molecule has 1 aromatic carbocycles. The summed E-state index contributed by atoms with van der Waals surface area (Å²) in [5.41, 5.74) is 0.329. The number of nitrogens with one attached hydrogen (secondary N) is 1. The minimum absolute atomic E-state index is 0.0205. The summed E-state index contributed by atoms with van der Waals surface area (Å²) >= 11 is 5.08. The number of aromatic amines is 1. The number of rotatable bonds is 3. The predicted octanol–water partition coefficient (Wildman–Crippen LogP) is 2.17. The number of amides is 1. The molecule has 0 saturated carbocycles. The van der Waals surface area contributed by atoms with Gasteiger partial charge in [0.1, 0.15) is 21.2 Å². The highest BCUT2D eigenvalue weighted by atomic mass is 32.2. The second-order valence-corrected chi connectivity index (χ2v) is 8.00.